The van der Waals surface area contributed by atoms with Gasteiger partial charge in [0.05, 0.1) is 11.0 Å². The average Bonchev–Trinajstić information content (AvgIpc) is 3.17. The lowest BCUT2D eigenvalue weighted by atomic mass is 10.00. The van der Waals surface area contributed by atoms with Gasteiger partial charge in [-0.15, -0.1) is 5.10 Å². The number of aryl methyl sites for hydroxylation is 1. The maximum atomic E-state index is 12.6. The number of hydrogen-bond acceptors (Lipinski definition) is 5. The number of carbonyl (C=O) groups excluding carboxylic acids is 1. The number of rotatable bonds is 6. The van der Waals surface area contributed by atoms with Crippen LogP contribution < -0.4 is 10.9 Å². The summed E-state index contributed by atoms with van der Waals surface area (Å²) in [4.78, 5) is 30.6. The summed E-state index contributed by atoms with van der Waals surface area (Å²) in [6, 6.07) is 6.34. The normalized spacial score (nSPS) is 17.8. The number of benzene rings is 1. The zero-order valence-corrected chi connectivity index (χ0v) is 17.1. The molecule has 0 saturated carbocycles. The lowest BCUT2D eigenvalue weighted by Gasteiger charge is -2.35. The van der Waals surface area contributed by atoms with Gasteiger partial charge in [0, 0.05) is 19.1 Å². The zero-order valence-electron chi connectivity index (χ0n) is 17.1. The summed E-state index contributed by atoms with van der Waals surface area (Å²) in [6.45, 7) is 6.87. The van der Waals surface area contributed by atoms with Gasteiger partial charge in [-0.25, -0.2) is 4.52 Å². The van der Waals surface area contributed by atoms with Crippen LogP contribution in [0.4, 0.5) is 0 Å². The molecular weight excluding hydrogens is 368 g/mol. The molecule has 0 aliphatic carbocycles. The Morgan fingerprint density at radius 1 is 1.34 bits per heavy atom. The van der Waals surface area contributed by atoms with Gasteiger partial charge in [0.25, 0.3) is 11.5 Å². The molecule has 1 aliphatic heterocycles. The van der Waals surface area contributed by atoms with Crippen LogP contribution in [0.1, 0.15) is 55.1 Å². The van der Waals surface area contributed by atoms with E-state index >= 15 is 0 Å². The fraction of sp³-hybridized carbons (Fsp3) is 0.524. The Morgan fingerprint density at radius 2 is 2.21 bits per heavy atom. The molecule has 2 aromatic heterocycles. The van der Waals surface area contributed by atoms with Gasteiger partial charge in [-0.2, -0.15) is 0 Å². The number of H-pyrrole nitrogens is 1. The molecule has 8 nitrogen and oxygen atoms in total. The van der Waals surface area contributed by atoms with Crippen molar-refractivity contribution in [3.8, 4) is 0 Å². The largest absolute Gasteiger partial charge is 0.351 e. The van der Waals surface area contributed by atoms with E-state index in [0.29, 0.717) is 23.6 Å². The fourth-order valence-electron chi connectivity index (χ4n) is 4.31. The Hall–Kier alpha value is -2.74. The van der Waals surface area contributed by atoms with Crippen LogP contribution in [0.2, 0.25) is 0 Å². The van der Waals surface area contributed by atoms with Crippen LogP contribution in [0.25, 0.3) is 16.6 Å². The number of fused-ring (bicyclic) bond motifs is 3. The molecular formula is C21H28N6O2. The van der Waals surface area contributed by atoms with E-state index in [-0.39, 0.29) is 22.7 Å². The van der Waals surface area contributed by atoms with Crippen molar-refractivity contribution < 1.29 is 4.79 Å². The Morgan fingerprint density at radius 3 is 3.03 bits per heavy atom. The minimum atomic E-state index is -0.364. The van der Waals surface area contributed by atoms with Crippen molar-refractivity contribution in [1.29, 1.82) is 0 Å². The molecule has 3 aromatic rings. The second-order valence-corrected chi connectivity index (χ2v) is 7.88. The van der Waals surface area contributed by atoms with Crippen LogP contribution in [-0.2, 0) is 0 Å². The highest BCUT2D eigenvalue weighted by molar-refractivity contribution is 5.99. The van der Waals surface area contributed by atoms with Crippen LogP contribution in [-0.4, -0.2) is 56.3 Å². The number of aromatic nitrogens is 4. The number of nitrogens with one attached hydrogen (secondary N) is 2. The molecule has 4 rings (SSSR count). The van der Waals surface area contributed by atoms with E-state index < -0.39 is 0 Å². The molecule has 2 N–H and O–H groups in total. The molecule has 1 saturated heterocycles. The third-order valence-electron chi connectivity index (χ3n) is 5.86. The Balaban J connectivity index is 1.45. The smallest absolute Gasteiger partial charge is 0.277 e. The van der Waals surface area contributed by atoms with E-state index in [1.807, 2.05) is 25.1 Å². The van der Waals surface area contributed by atoms with Crippen LogP contribution >= 0.6 is 0 Å². The van der Waals surface area contributed by atoms with Crippen molar-refractivity contribution in [1.82, 2.24) is 30.0 Å². The highest BCUT2D eigenvalue weighted by atomic mass is 16.2. The second kappa shape index (κ2) is 8.32. The van der Waals surface area contributed by atoms with Crippen LogP contribution in [0.15, 0.2) is 23.0 Å². The van der Waals surface area contributed by atoms with Crippen molar-refractivity contribution >= 4 is 22.5 Å². The second-order valence-electron chi connectivity index (χ2n) is 7.88. The van der Waals surface area contributed by atoms with Crippen molar-refractivity contribution in [3.05, 3.63) is 39.8 Å². The van der Waals surface area contributed by atoms with Gasteiger partial charge in [0.15, 0.2) is 11.2 Å². The first-order chi connectivity index (χ1) is 14.1. The standard InChI is InChI=1S/C21H28N6O2/c1-3-15-7-4-5-11-26(15)12-6-10-22-20(28)18-19-21(29)23-16-13-14(2)8-9-17(16)27(19)25-24-18/h8-9,13,15H,3-7,10-12H2,1-2H3,(H,22,28)(H,23,29)/t15-/m0/s1. The van der Waals surface area contributed by atoms with E-state index in [1.54, 1.807) is 0 Å². The first-order valence-electron chi connectivity index (χ1n) is 10.5. The lowest BCUT2D eigenvalue weighted by Crippen LogP contribution is -2.40. The van der Waals surface area contributed by atoms with Crippen molar-refractivity contribution in [2.24, 2.45) is 0 Å². The Labute approximate surface area is 169 Å². The number of nitrogens with zero attached hydrogens (tertiary/aromatic N) is 4. The van der Waals surface area contributed by atoms with Crippen LogP contribution in [0, 0.1) is 6.92 Å². The van der Waals surface area contributed by atoms with Gasteiger partial charge in [0.2, 0.25) is 0 Å². The van der Waals surface area contributed by atoms with Gasteiger partial charge < -0.3 is 15.2 Å². The molecule has 0 unspecified atom stereocenters. The van der Waals surface area contributed by atoms with Gasteiger partial charge in [-0.3, -0.25) is 9.59 Å². The summed E-state index contributed by atoms with van der Waals surface area (Å²) in [5.74, 6) is -0.359. The number of amides is 1. The monoisotopic (exact) mass is 396 g/mol. The number of piperidine rings is 1. The van der Waals surface area contributed by atoms with Gasteiger partial charge >= 0.3 is 0 Å². The predicted octanol–water partition coefficient (Wildman–Crippen LogP) is 2.26. The Bertz CT molecular complexity index is 1090. The molecule has 0 spiro atoms. The van der Waals surface area contributed by atoms with Crippen LogP contribution in [0.5, 0.6) is 0 Å². The van der Waals surface area contributed by atoms with Crippen molar-refractivity contribution in [2.45, 2.75) is 52.0 Å². The SMILES string of the molecule is CC[C@H]1CCCCN1CCCNC(=O)c1nnn2c1c(=O)[nH]c1cc(C)ccc12. The summed E-state index contributed by atoms with van der Waals surface area (Å²) < 4.78 is 1.45. The molecule has 1 aliphatic rings. The highest BCUT2D eigenvalue weighted by Crippen LogP contribution is 2.19. The summed E-state index contributed by atoms with van der Waals surface area (Å²) >= 11 is 0. The molecule has 1 amide bonds. The first-order valence-corrected chi connectivity index (χ1v) is 10.5. The number of aromatic amines is 1. The van der Waals surface area contributed by atoms with E-state index in [0.717, 1.165) is 25.1 Å². The summed E-state index contributed by atoms with van der Waals surface area (Å²) in [7, 11) is 0. The average molecular weight is 396 g/mol. The van der Waals surface area contributed by atoms with Crippen molar-refractivity contribution in [3.63, 3.8) is 0 Å². The number of likely N-dealkylation sites (tertiary alicyclic amines) is 1. The van der Waals surface area contributed by atoms with E-state index in [1.165, 1.54) is 30.2 Å². The summed E-state index contributed by atoms with van der Waals surface area (Å²) in [5, 5.41) is 11.0. The predicted molar refractivity (Wildman–Crippen MR) is 112 cm³/mol. The molecule has 1 aromatic carbocycles. The highest BCUT2D eigenvalue weighted by Gasteiger charge is 2.21. The quantitative estimate of drug-likeness (QED) is 0.623. The lowest BCUT2D eigenvalue weighted by molar-refractivity contribution is 0.0944. The topological polar surface area (TPSA) is 95.4 Å². The van der Waals surface area contributed by atoms with E-state index in [4.69, 9.17) is 0 Å². The molecule has 0 bridgehead atoms. The number of carbonyl (C=O) groups is 1. The maximum Gasteiger partial charge on any atom is 0.277 e. The summed E-state index contributed by atoms with van der Waals surface area (Å²) in [6.07, 6.45) is 5.89. The molecule has 8 heteroatoms. The first kappa shape index (κ1) is 19.6. The van der Waals surface area contributed by atoms with Crippen LogP contribution in [0.3, 0.4) is 0 Å². The van der Waals surface area contributed by atoms with E-state index in [9.17, 15) is 9.59 Å². The fourth-order valence-corrected chi connectivity index (χ4v) is 4.31. The molecule has 3 heterocycles. The minimum Gasteiger partial charge on any atom is -0.351 e. The van der Waals surface area contributed by atoms with E-state index in [2.05, 4.69) is 32.4 Å². The third-order valence-corrected chi connectivity index (χ3v) is 5.86. The molecule has 29 heavy (non-hydrogen) atoms. The molecule has 154 valence electrons. The number of hydrogen-bond donors (Lipinski definition) is 2. The van der Waals surface area contributed by atoms with Gasteiger partial charge in [-0.1, -0.05) is 24.6 Å². The minimum absolute atomic E-state index is 0.0677. The molecule has 1 atom stereocenters. The van der Waals surface area contributed by atoms with Gasteiger partial charge in [0.1, 0.15) is 0 Å². The van der Waals surface area contributed by atoms with Crippen molar-refractivity contribution in [2.75, 3.05) is 19.6 Å². The third kappa shape index (κ3) is 3.89. The summed E-state index contributed by atoms with van der Waals surface area (Å²) in [5.41, 5.74) is 2.31. The van der Waals surface area contributed by atoms with Gasteiger partial charge in [-0.05, 0) is 56.8 Å². The Kier molecular flexibility index (Phi) is 5.62. The maximum absolute atomic E-state index is 12.6. The zero-order chi connectivity index (χ0) is 20.4. The molecule has 0 radical (unpaired) electrons. The molecule has 1 fully saturated rings.